The minimum atomic E-state index is 0. The van der Waals surface area contributed by atoms with Crippen LogP contribution in [-0.2, 0) is 6.54 Å². The van der Waals surface area contributed by atoms with E-state index >= 15 is 0 Å². The zero-order valence-corrected chi connectivity index (χ0v) is 13.1. The molecule has 1 saturated heterocycles. The molecule has 21 heavy (non-hydrogen) atoms. The molecule has 2 N–H and O–H groups in total. The highest BCUT2D eigenvalue weighted by molar-refractivity contribution is 5.85. The number of halogens is 1. The molecule has 1 aliphatic rings. The van der Waals surface area contributed by atoms with Crippen molar-refractivity contribution in [3.8, 4) is 11.3 Å². The molecule has 0 saturated carbocycles. The van der Waals surface area contributed by atoms with Gasteiger partial charge in [0.1, 0.15) is 5.69 Å². The van der Waals surface area contributed by atoms with E-state index in [4.69, 9.17) is 10.3 Å². The van der Waals surface area contributed by atoms with Crippen LogP contribution in [0.25, 0.3) is 11.3 Å². The van der Waals surface area contributed by atoms with Gasteiger partial charge in [-0.25, -0.2) is 0 Å². The van der Waals surface area contributed by atoms with Crippen LogP contribution in [0.3, 0.4) is 0 Å². The van der Waals surface area contributed by atoms with Crippen molar-refractivity contribution in [2.75, 3.05) is 19.6 Å². The third-order valence-corrected chi connectivity index (χ3v) is 3.99. The molecule has 0 amide bonds. The lowest BCUT2D eigenvalue weighted by Crippen LogP contribution is -2.22. The fraction of sp³-hybridized carbons (Fsp3) is 0.438. The summed E-state index contributed by atoms with van der Waals surface area (Å²) in [6, 6.07) is 10.4. The third-order valence-electron chi connectivity index (χ3n) is 3.99. The summed E-state index contributed by atoms with van der Waals surface area (Å²) in [4.78, 5) is 2.39. The maximum atomic E-state index is 5.72. The predicted octanol–water partition coefficient (Wildman–Crippen LogP) is 2.85. The number of rotatable bonds is 4. The Labute approximate surface area is 131 Å². The van der Waals surface area contributed by atoms with Crippen molar-refractivity contribution in [2.45, 2.75) is 19.9 Å². The first-order chi connectivity index (χ1) is 9.74. The molecule has 1 atom stereocenters. The normalized spacial score (nSPS) is 18.7. The molecule has 114 valence electrons. The zero-order chi connectivity index (χ0) is 13.9. The van der Waals surface area contributed by atoms with Gasteiger partial charge in [0.15, 0.2) is 5.76 Å². The maximum Gasteiger partial charge on any atom is 0.151 e. The van der Waals surface area contributed by atoms with Gasteiger partial charge in [-0.3, -0.25) is 4.90 Å². The second-order valence-electron chi connectivity index (χ2n) is 5.67. The second-order valence-corrected chi connectivity index (χ2v) is 5.67. The summed E-state index contributed by atoms with van der Waals surface area (Å²) >= 11 is 0. The Bertz CT molecular complexity index is 567. The average Bonchev–Trinajstić information content (AvgIpc) is 3.09. The van der Waals surface area contributed by atoms with Gasteiger partial charge in [0.05, 0.1) is 6.54 Å². The van der Waals surface area contributed by atoms with Crippen LogP contribution in [0.2, 0.25) is 0 Å². The topological polar surface area (TPSA) is 55.3 Å². The molecule has 2 aromatic rings. The SMILES string of the molecule is Cc1ccc(-c2cc(CN3CCC(CN)C3)on2)cc1.Cl. The van der Waals surface area contributed by atoms with Gasteiger partial charge >= 0.3 is 0 Å². The largest absolute Gasteiger partial charge is 0.359 e. The Balaban J connectivity index is 0.00000161. The van der Waals surface area contributed by atoms with E-state index in [1.165, 1.54) is 12.0 Å². The van der Waals surface area contributed by atoms with E-state index in [0.717, 1.165) is 43.2 Å². The second kappa shape index (κ2) is 7.07. The van der Waals surface area contributed by atoms with Gasteiger partial charge < -0.3 is 10.3 Å². The number of nitrogens with zero attached hydrogens (tertiary/aromatic N) is 2. The molecule has 0 radical (unpaired) electrons. The Hall–Kier alpha value is -1.36. The van der Waals surface area contributed by atoms with Crippen molar-refractivity contribution < 1.29 is 4.52 Å². The van der Waals surface area contributed by atoms with Gasteiger partial charge in [0.2, 0.25) is 0 Å². The summed E-state index contributed by atoms with van der Waals surface area (Å²) in [6.45, 7) is 5.86. The zero-order valence-electron chi connectivity index (χ0n) is 12.3. The monoisotopic (exact) mass is 307 g/mol. The quantitative estimate of drug-likeness (QED) is 0.943. The first kappa shape index (κ1) is 16.0. The molecular weight excluding hydrogens is 286 g/mol. The molecule has 3 rings (SSSR count). The van der Waals surface area contributed by atoms with Crippen LogP contribution in [0.1, 0.15) is 17.7 Å². The highest BCUT2D eigenvalue weighted by Crippen LogP contribution is 2.22. The molecule has 0 spiro atoms. The molecule has 4 nitrogen and oxygen atoms in total. The molecule has 1 unspecified atom stereocenters. The number of hydrogen-bond acceptors (Lipinski definition) is 4. The molecule has 1 fully saturated rings. The summed E-state index contributed by atoms with van der Waals surface area (Å²) in [5.74, 6) is 1.56. The lowest BCUT2D eigenvalue weighted by molar-refractivity contribution is 0.267. The Morgan fingerprint density at radius 2 is 2.10 bits per heavy atom. The number of nitrogens with two attached hydrogens (primary N) is 1. The van der Waals surface area contributed by atoms with Crippen LogP contribution >= 0.6 is 12.4 Å². The summed E-state index contributed by atoms with van der Waals surface area (Å²) in [5, 5.41) is 4.17. The van der Waals surface area contributed by atoms with Crippen LogP contribution in [-0.4, -0.2) is 29.7 Å². The van der Waals surface area contributed by atoms with E-state index in [1.54, 1.807) is 0 Å². The molecule has 5 heteroatoms. The number of aromatic nitrogens is 1. The summed E-state index contributed by atoms with van der Waals surface area (Å²) in [5.41, 5.74) is 8.99. The molecule has 0 bridgehead atoms. The molecule has 1 aromatic heterocycles. The van der Waals surface area contributed by atoms with Crippen molar-refractivity contribution in [1.82, 2.24) is 10.1 Å². The smallest absolute Gasteiger partial charge is 0.151 e. The number of benzene rings is 1. The van der Waals surface area contributed by atoms with Gasteiger partial charge in [-0.05, 0) is 32.4 Å². The van der Waals surface area contributed by atoms with Crippen molar-refractivity contribution in [3.05, 3.63) is 41.7 Å². The number of likely N-dealkylation sites (tertiary alicyclic amines) is 1. The Morgan fingerprint density at radius 3 is 2.76 bits per heavy atom. The van der Waals surface area contributed by atoms with E-state index in [9.17, 15) is 0 Å². The highest BCUT2D eigenvalue weighted by Gasteiger charge is 2.22. The fourth-order valence-corrected chi connectivity index (χ4v) is 2.72. The van der Waals surface area contributed by atoms with E-state index < -0.39 is 0 Å². The highest BCUT2D eigenvalue weighted by atomic mass is 35.5. The number of aryl methyl sites for hydroxylation is 1. The van der Waals surface area contributed by atoms with Crippen molar-refractivity contribution in [3.63, 3.8) is 0 Å². The van der Waals surface area contributed by atoms with E-state index in [2.05, 4.69) is 41.2 Å². The standard InChI is InChI=1S/C16H21N3O.ClH/c1-12-2-4-14(5-3-12)16-8-15(20-18-16)11-19-7-6-13(9-17)10-19;/h2-5,8,13H,6-7,9-11,17H2,1H3;1H. The van der Waals surface area contributed by atoms with Gasteiger partial charge in [-0.1, -0.05) is 35.0 Å². The van der Waals surface area contributed by atoms with Crippen LogP contribution < -0.4 is 5.73 Å². The third kappa shape index (κ3) is 3.84. The Morgan fingerprint density at radius 1 is 1.33 bits per heavy atom. The lowest BCUT2D eigenvalue weighted by atomic mass is 10.1. The van der Waals surface area contributed by atoms with E-state index in [1.807, 2.05) is 6.07 Å². The van der Waals surface area contributed by atoms with Gasteiger partial charge in [0.25, 0.3) is 0 Å². The van der Waals surface area contributed by atoms with E-state index in [0.29, 0.717) is 5.92 Å². The van der Waals surface area contributed by atoms with Crippen LogP contribution in [0.15, 0.2) is 34.9 Å². The minimum absolute atomic E-state index is 0. The van der Waals surface area contributed by atoms with E-state index in [-0.39, 0.29) is 12.4 Å². The van der Waals surface area contributed by atoms with Crippen molar-refractivity contribution >= 4 is 12.4 Å². The minimum Gasteiger partial charge on any atom is -0.359 e. The van der Waals surface area contributed by atoms with Gasteiger partial charge in [-0.2, -0.15) is 0 Å². The molecular formula is C16H22ClN3O. The Kier molecular flexibility index (Phi) is 5.39. The molecule has 1 aliphatic heterocycles. The summed E-state index contributed by atoms with van der Waals surface area (Å²) < 4.78 is 5.46. The summed E-state index contributed by atoms with van der Waals surface area (Å²) in [6.07, 6.45) is 1.19. The van der Waals surface area contributed by atoms with Gasteiger partial charge in [-0.15, -0.1) is 12.4 Å². The lowest BCUT2D eigenvalue weighted by Gasteiger charge is -2.12. The van der Waals surface area contributed by atoms with Crippen molar-refractivity contribution in [2.24, 2.45) is 11.7 Å². The van der Waals surface area contributed by atoms with Crippen LogP contribution in [0, 0.1) is 12.8 Å². The average molecular weight is 308 g/mol. The van der Waals surface area contributed by atoms with Crippen molar-refractivity contribution in [1.29, 1.82) is 0 Å². The molecule has 0 aliphatic carbocycles. The maximum absolute atomic E-state index is 5.72. The predicted molar refractivity (Wildman–Crippen MR) is 86.4 cm³/mol. The summed E-state index contributed by atoms with van der Waals surface area (Å²) in [7, 11) is 0. The molecule has 1 aromatic carbocycles. The fourth-order valence-electron chi connectivity index (χ4n) is 2.72. The van der Waals surface area contributed by atoms with Gasteiger partial charge in [0, 0.05) is 18.2 Å². The van der Waals surface area contributed by atoms with Crippen LogP contribution in [0.5, 0.6) is 0 Å². The first-order valence-electron chi connectivity index (χ1n) is 7.19. The number of hydrogen-bond donors (Lipinski definition) is 1. The molecule has 2 heterocycles. The van der Waals surface area contributed by atoms with Crippen LogP contribution in [0.4, 0.5) is 0 Å². The first-order valence-corrected chi connectivity index (χ1v) is 7.19.